The van der Waals surface area contributed by atoms with E-state index < -0.39 is 6.10 Å². The van der Waals surface area contributed by atoms with Gasteiger partial charge in [0.25, 0.3) is 0 Å². The lowest BCUT2D eigenvalue weighted by atomic mass is 10.1. The Morgan fingerprint density at radius 3 is 2.25 bits per heavy atom. The van der Waals surface area contributed by atoms with E-state index >= 15 is 0 Å². The van der Waals surface area contributed by atoms with Gasteiger partial charge in [-0.15, -0.1) is 0 Å². The van der Waals surface area contributed by atoms with Gasteiger partial charge < -0.3 is 14.6 Å². The summed E-state index contributed by atoms with van der Waals surface area (Å²) in [6, 6.07) is 28.1. The maximum Gasteiger partial charge on any atom is 0.227 e. The first-order valence-corrected chi connectivity index (χ1v) is 12.3. The van der Waals surface area contributed by atoms with Crippen molar-refractivity contribution < 1.29 is 14.6 Å². The Labute approximate surface area is 213 Å². The second kappa shape index (κ2) is 12.5. The fourth-order valence-electron chi connectivity index (χ4n) is 4.22. The van der Waals surface area contributed by atoms with Gasteiger partial charge in [0, 0.05) is 26.7 Å². The molecule has 188 valence electrons. The molecule has 4 aromatic rings. The molecule has 1 N–H and O–H groups in total. The molecule has 0 spiro atoms. The number of benzene rings is 3. The van der Waals surface area contributed by atoms with Crippen LogP contribution in [-0.2, 0) is 17.7 Å². The van der Waals surface area contributed by atoms with Crippen LogP contribution in [0.2, 0.25) is 0 Å². The first-order chi connectivity index (χ1) is 17.5. The van der Waals surface area contributed by atoms with Crippen molar-refractivity contribution in [3.63, 3.8) is 0 Å². The fraction of sp³-hybridized carbons (Fsp3) is 0.300. The Morgan fingerprint density at radius 2 is 1.58 bits per heavy atom. The van der Waals surface area contributed by atoms with E-state index in [2.05, 4.69) is 11.8 Å². The lowest BCUT2D eigenvalue weighted by Gasteiger charge is -2.25. The third-order valence-electron chi connectivity index (χ3n) is 6.15. The molecule has 0 unspecified atom stereocenters. The number of aromatic nitrogens is 2. The van der Waals surface area contributed by atoms with Crippen LogP contribution >= 0.6 is 0 Å². The van der Waals surface area contributed by atoms with Gasteiger partial charge in [-0.05, 0) is 50.1 Å². The van der Waals surface area contributed by atoms with E-state index in [1.54, 1.807) is 7.11 Å². The molecule has 0 bridgehead atoms. The quantitative estimate of drug-likeness (QED) is 0.294. The predicted octanol–water partition coefficient (Wildman–Crippen LogP) is 5.33. The zero-order valence-electron chi connectivity index (χ0n) is 21.3. The summed E-state index contributed by atoms with van der Waals surface area (Å²) in [7, 11) is 1.70. The molecule has 0 aliphatic rings. The number of aliphatic hydroxyl groups excluding tert-OH is 1. The summed E-state index contributed by atoms with van der Waals surface area (Å²) < 4.78 is 13.7. The molecule has 0 fully saturated rings. The topological polar surface area (TPSA) is 59.8 Å². The number of aryl methyl sites for hydroxylation is 2. The van der Waals surface area contributed by atoms with Gasteiger partial charge >= 0.3 is 0 Å². The van der Waals surface area contributed by atoms with Crippen LogP contribution in [0.15, 0.2) is 84.9 Å². The summed E-state index contributed by atoms with van der Waals surface area (Å²) >= 11 is 0. The number of aliphatic hydroxyl groups is 1. The van der Waals surface area contributed by atoms with Crippen molar-refractivity contribution in [1.29, 1.82) is 0 Å². The monoisotopic (exact) mass is 485 g/mol. The normalized spacial score (nSPS) is 12.1. The molecular formula is C30H35N3O3. The molecule has 6 heteroatoms. The van der Waals surface area contributed by atoms with Crippen LogP contribution in [0.3, 0.4) is 0 Å². The largest absolute Gasteiger partial charge is 0.439 e. The number of hydrogen-bond donors (Lipinski definition) is 1. The van der Waals surface area contributed by atoms with Crippen molar-refractivity contribution >= 4 is 0 Å². The highest BCUT2D eigenvalue weighted by atomic mass is 16.5. The van der Waals surface area contributed by atoms with E-state index in [-0.39, 0.29) is 0 Å². The van der Waals surface area contributed by atoms with Crippen LogP contribution in [0, 0.1) is 13.8 Å². The van der Waals surface area contributed by atoms with E-state index in [1.165, 1.54) is 5.56 Å². The van der Waals surface area contributed by atoms with E-state index in [4.69, 9.17) is 14.6 Å². The van der Waals surface area contributed by atoms with Crippen LogP contribution in [0.4, 0.5) is 0 Å². The van der Waals surface area contributed by atoms with Crippen molar-refractivity contribution in [2.24, 2.45) is 0 Å². The van der Waals surface area contributed by atoms with Crippen LogP contribution in [0.5, 0.6) is 11.6 Å². The molecule has 0 aliphatic carbocycles. The van der Waals surface area contributed by atoms with Gasteiger partial charge in [-0.2, -0.15) is 5.10 Å². The third-order valence-corrected chi connectivity index (χ3v) is 6.15. The molecular weight excluding hydrogens is 450 g/mol. The molecule has 0 radical (unpaired) electrons. The fourth-order valence-corrected chi connectivity index (χ4v) is 4.22. The SMILES string of the molecule is COCCN(Cc1c(C)nn(-c2ccccc2)c1Oc1ccc(C)cc1)C[C@@H](O)Cc1ccccc1. The van der Waals surface area contributed by atoms with Gasteiger partial charge in [0.2, 0.25) is 5.88 Å². The van der Waals surface area contributed by atoms with Crippen LogP contribution in [0.1, 0.15) is 22.4 Å². The highest BCUT2D eigenvalue weighted by Gasteiger charge is 2.22. The molecule has 1 atom stereocenters. The van der Waals surface area contributed by atoms with Crippen molar-refractivity contribution in [2.75, 3.05) is 26.8 Å². The summed E-state index contributed by atoms with van der Waals surface area (Å²) in [6.07, 6.45) is 0.0921. The number of ether oxygens (including phenoxy) is 2. The minimum absolute atomic E-state index is 0.504. The number of hydrogen-bond acceptors (Lipinski definition) is 5. The summed E-state index contributed by atoms with van der Waals surface area (Å²) in [4.78, 5) is 2.21. The summed E-state index contributed by atoms with van der Waals surface area (Å²) in [5.74, 6) is 1.44. The summed E-state index contributed by atoms with van der Waals surface area (Å²) in [5, 5.41) is 15.7. The van der Waals surface area contributed by atoms with Crippen molar-refractivity contribution in [2.45, 2.75) is 32.9 Å². The Hall–Kier alpha value is -3.45. The van der Waals surface area contributed by atoms with E-state index in [9.17, 15) is 5.11 Å². The van der Waals surface area contributed by atoms with Gasteiger partial charge in [-0.1, -0.05) is 66.2 Å². The first-order valence-electron chi connectivity index (χ1n) is 12.3. The molecule has 0 aliphatic heterocycles. The highest BCUT2D eigenvalue weighted by molar-refractivity contribution is 5.43. The van der Waals surface area contributed by atoms with Crippen LogP contribution in [-0.4, -0.2) is 52.7 Å². The third kappa shape index (κ3) is 6.82. The van der Waals surface area contributed by atoms with Crippen molar-refractivity contribution in [1.82, 2.24) is 14.7 Å². The Kier molecular flexibility index (Phi) is 8.90. The molecule has 1 aromatic heterocycles. The van der Waals surface area contributed by atoms with Gasteiger partial charge in [0.15, 0.2) is 0 Å². The summed E-state index contributed by atoms with van der Waals surface area (Å²) in [6.45, 7) is 6.40. The van der Waals surface area contributed by atoms with Crippen molar-refractivity contribution in [3.8, 4) is 17.3 Å². The van der Waals surface area contributed by atoms with E-state index in [0.717, 1.165) is 28.3 Å². The van der Waals surface area contributed by atoms with Gasteiger partial charge in [-0.25, -0.2) is 4.68 Å². The molecule has 6 nitrogen and oxygen atoms in total. The predicted molar refractivity (Wildman–Crippen MR) is 143 cm³/mol. The zero-order valence-corrected chi connectivity index (χ0v) is 21.3. The Balaban J connectivity index is 1.62. The average Bonchev–Trinajstić information content (AvgIpc) is 3.19. The van der Waals surface area contributed by atoms with E-state index in [0.29, 0.717) is 38.5 Å². The molecule has 4 rings (SSSR count). The second-order valence-corrected chi connectivity index (χ2v) is 9.10. The molecule has 0 saturated heterocycles. The van der Waals surface area contributed by atoms with Gasteiger partial charge in [-0.3, -0.25) is 4.90 Å². The highest BCUT2D eigenvalue weighted by Crippen LogP contribution is 2.32. The maximum absolute atomic E-state index is 10.9. The lowest BCUT2D eigenvalue weighted by molar-refractivity contribution is 0.0846. The molecule has 1 heterocycles. The maximum atomic E-state index is 10.9. The minimum atomic E-state index is -0.504. The molecule has 36 heavy (non-hydrogen) atoms. The Bertz CT molecular complexity index is 1210. The second-order valence-electron chi connectivity index (χ2n) is 9.10. The summed E-state index contributed by atoms with van der Waals surface area (Å²) in [5.41, 5.74) is 5.10. The smallest absolute Gasteiger partial charge is 0.227 e. The van der Waals surface area contributed by atoms with Gasteiger partial charge in [0.05, 0.1) is 29.7 Å². The minimum Gasteiger partial charge on any atom is -0.439 e. The number of methoxy groups -OCH3 is 1. The van der Waals surface area contributed by atoms with Crippen molar-refractivity contribution in [3.05, 3.63) is 107 Å². The Morgan fingerprint density at radius 1 is 0.917 bits per heavy atom. The molecule has 0 amide bonds. The molecule has 0 saturated carbocycles. The standard InChI is InChI=1S/C30H35N3O3/c1-23-14-16-28(17-15-23)36-30-29(24(2)31-33(30)26-12-8-5-9-13-26)22-32(18-19-35-3)21-27(34)20-25-10-6-4-7-11-25/h4-17,27,34H,18-22H2,1-3H3/t27-/m0/s1. The zero-order chi connectivity index (χ0) is 25.3. The van der Waals surface area contributed by atoms with Crippen LogP contribution in [0.25, 0.3) is 5.69 Å². The first kappa shape index (κ1) is 25.6. The lowest BCUT2D eigenvalue weighted by Crippen LogP contribution is -2.35. The number of para-hydroxylation sites is 1. The number of nitrogens with zero attached hydrogens (tertiary/aromatic N) is 3. The number of rotatable bonds is 12. The van der Waals surface area contributed by atoms with Crippen LogP contribution < -0.4 is 4.74 Å². The average molecular weight is 486 g/mol. The van der Waals surface area contributed by atoms with Gasteiger partial charge in [0.1, 0.15) is 5.75 Å². The molecule has 3 aromatic carbocycles. The van der Waals surface area contributed by atoms with E-state index in [1.807, 2.05) is 96.5 Å².